The molecule has 2 aromatic rings. The fraction of sp³-hybridized carbons (Fsp3) is 0.312. The molecule has 0 fully saturated rings. The molecule has 0 unspecified atom stereocenters. The molecular formula is C16H19BrN2. The standard InChI is InChI=1S/C16H19BrN2/c1-11-9-12(17)10-18-15(11)19-14-8-6-5-7-13(14)16(2,3)4/h5-10H,1-4H3,(H,18,19). The Balaban J connectivity index is 2.39. The first-order chi connectivity index (χ1) is 8.88. The van der Waals surface area contributed by atoms with Gasteiger partial charge in [-0.3, -0.25) is 0 Å². The predicted octanol–water partition coefficient (Wildman–Crippen LogP) is 5.19. The predicted molar refractivity (Wildman–Crippen MR) is 85.1 cm³/mol. The Kier molecular flexibility index (Phi) is 3.95. The van der Waals surface area contributed by atoms with Gasteiger partial charge in [-0.05, 0) is 51.5 Å². The second kappa shape index (κ2) is 5.33. The third-order valence-corrected chi connectivity index (χ3v) is 3.47. The Labute approximate surface area is 123 Å². The Morgan fingerprint density at radius 3 is 2.47 bits per heavy atom. The van der Waals surface area contributed by atoms with Crippen molar-refractivity contribution in [2.24, 2.45) is 0 Å². The summed E-state index contributed by atoms with van der Waals surface area (Å²) in [4.78, 5) is 4.44. The highest BCUT2D eigenvalue weighted by Gasteiger charge is 2.17. The molecule has 3 heteroatoms. The van der Waals surface area contributed by atoms with Crippen molar-refractivity contribution >= 4 is 27.4 Å². The van der Waals surface area contributed by atoms with E-state index in [9.17, 15) is 0 Å². The van der Waals surface area contributed by atoms with Gasteiger partial charge in [0.15, 0.2) is 0 Å². The molecule has 2 rings (SSSR count). The molecule has 0 bridgehead atoms. The molecule has 1 aromatic heterocycles. The molecule has 19 heavy (non-hydrogen) atoms. The molecule has 0 radical (unpaired) electrons. The highest BCUT2D eigenvalue weighted by atomic mass is 79.9. The number of aromatic nitrogens is 1. The fourth-order valence-electron chi connectivity index (χ4n) is 2.05. The first kappa shape index (κ1) is 14.1. The summed E-state index contributed by atoms with van der Waals surface area (Å²) in [5, 5.41) is 3.44. The summed E-state index contributed by atoms with van der Waals surface area (Å²) in [6, 6.07) is 10.5. The number of nitrogens with one attached hydrogen (secondary N) is 1. The van der Waals surface area contributed by atoms with Gasteiger partial charge in [0.05, 0.1) is 0 Å². The zero-order chi connectivity index (χ0) is 14.0. The molecule has 100 valence electrons. The topological polar surface area (TPSA) is 24.9 Å². The van der Waals surface area contributed by atoms with Gasteiger partial charge >= 0.3 is 0 Å². The van der Waals surface area contributed by atoms with Crippen molar-refractivity contribution in [3.8, 4) is 0 Å². The van der Waals surface area contributed by atoms with E-state index in [1.54, 1.807) is 0 Å². The van der Waals surface area contributed by atoms with Gasteiger partial charge in [0.2, 0.25) is 0 Å². The van der Waals surface area contributed by atoms with E-state index in [1.165, 1.54) is 5.56 Å². The van der Waals surface area contributed by atoms with Crippen LogP contribution in [0.15, 0.2) is 41.0 Å². The number of aryl methyl sites for hydroxylation is 1. The van der Waals surface area contributed by atoms with Crippen molar-refractivity contribution < 1.29 is 0 Å². The Bertz CT molecular complexity index is 586. The number of anilines is 2. The number of pyridine rings is 1. The van der Waals surface area contributed by atoms with Crippen LogP contribution in [0.25, 0.3) is 0 Å². The summed E-state index contributed by atoms with van der Waals surface area (Å²) in [5.41, 5.74) is 3.64. The summed E-state index contributed by atoms with van der Waals surface area (Å²) in [6.45, 7) is 8.71. The molecule has 0 spiro atoms. The highest BCUT2D eigenvalue weighted by molar-refractivity contribution is 9.10. The lowest BCUT2D eigenvalue weighted by atomic mass is 9.86. The van der Waals surface area contributed by atoms with Crippen LogP contribution in [-0.4, -0.2) is 4.98 Å². The molecule has 1 heterocycles. The molecular weight excluding hydrogens is 300 g/mol. The molecule has 0 saturated heterocycles. The van der Waals surface area contributed by atoms with Crippen LogP contribution in [-0.2, 0) is 5.41 Å². The van der Waals surface area contributed by atoms with Gasteiger partial charge in [-0.1, -0.05) is 39.0 Å². The van der Waals surface area contributed by atoms with Gasteiger partial charge < -0.3 is 5.32 Å². The van der Waals surface area contributed by atoms with E-state index in [0.29, 0.717) is 0 Å². The van der Waals surface area contributed by atoms with Crippen LogP contribution in [0.4, 0.5) is 11.5 Å². The summed E-state index contributed by atoms with van der Waals surface area (Å²) in [7, 11) is 0. The Morgan fingerprint density at radius 1 is 1.16 bits per heavy atom. The summed E-state index contributed by atoms with van der Waals surface area (Å²) in [5.74, 6) is 0.903. The number of benzene rings is 1. The van der Waals surface area contributed by atoms with Gasteiger partial charge in [-0.15, -0.1) is 0 Å². The number of hydrogen-bond acceptors (Lipinski definition) is 2. The van der Waals surface area contributed by atoms with E-state index in [-0.39, 0.29) is 5.41 Å². The Morgan fingerprint density at radius 2 is 1.84 bits per heavy atom. The monoisotopic (exact) mass is 318 g/mol. The second-order valence-electron chi connectivity index (χ2n) is 5.74. The molecule has 0 amide bonds. The lowest BCUT2D eigenvalue weighted by molar-refractivity contribution is 0.592. The molecule has 0 aliphatic heterocycles. The highest BCUT2D eigenvalue weighted by Crippen LogP contribution is 2.31. The maximum Gasteiger partial charge on any atom is 0.133 e. The largest absolute Gasteiger partial charge is 0.340 e. The van der Waals surface area contributed by atoms with Crippen LogP contribution in [0.3, 0.4) is 0 Å². The van der Waals surface area contributed by atoms with Crippen molar-refractivity contribution in [1.29, 1.82) is 0 Å². The first-order valence-electron chi connectivity index (χ1n) is 6.36. The van der Waals surface area contributed by atoms with Crippen LogP contribution in [0.1, 0.15) is 31.9 Å². The van der Waals surface area contributed by atoms with Crippen LogP contribution in [0.2, 0.25) is 0 Å². The quantitative estimate of drug-likeness (QED) is 0.823. The smallest absolute Gasteiger partial charge is 0.133 e. The molecule has 0 aliphatic carbocycles. The zero-order valence-electron chi connectivity index (χ0n) is 11.8. The van der Waals surface area contributed by atoms with E-state index >= 15 is 0 Å². The maximum atomic E-state index is 4.44. The van der Waals surface area contributed by atoms with Gasteiger partial charge in [0, 0.05) is 16.4 Å². The van der Waals surface area contributed by atoms with E-state index in [2.05, 4.69) is 78.2 Å². The van der Waals surface area contributed by atoms with E-state index in [0.717, 1.165) is 21.5 Å². The van der Waals surface area contributed by atoms with Crippen molar-refractivity contribution in [2.75, 3.05) is 5.32 Å². The normalized spacial score (nSPS) is 11.4. The van der Waals surface area contributed by atoms with Gasteiger partial charge in [0.25, 0.3) is 0 Å². The lowest BCUT2D eigenvalue weighted by Gasteiger charge is -2.23. The molecule has 0 aliphatic rings. The second-order valence-corrected chi connectivity index (χ2v) is 6.66. The number of halogens is 1. The van der Waals surface area contributed by atoms with Crippen molar-refractivity contribution in [1.82, 2.24) is 4.98 Å². The van der Waals surface area contributed by atoms with E-state index in [4.69, 9.17) is 0 Å². The molecule has 2 nitrogen and oxygen atoms in total. The minimum atomic E-state index is 0.104. The number of rotatable bonds is 2. The third kappa shape index (κ3) is 3.35. The molecule has 1 N–H and O–H groups in total. The molecule has 0 atom stereocenters. The maximum absolute atomic E-state index is 4.44. The fourth-order valence-corrected chi connectivity index (χ4v) is 2.49. The first-order valence-corrected chi connectivity index (χ1v) is 7.16. The zero-order valence-corrected chi connectivity index (χ0v) is 13.4. The number of hydrogen-bond donors (Lipinski definition) is 1. The van der Waals surface area contributed by atoms with Crippen LogP contribution >= 0.6 is 15.9 Å². The van der Waals surface area contributed by atoms with E-state index < -0.39 is 0 Å². The minimum Gasteiger partial charge on any atom is -0.340 e. The molecule has 0 saturated carbocycles. The van der Waals surface area contributed by atoms with Gasteiger partial charge in [0.1, 0.15) is 5.82 Å². The SMILES string of the molecule is Cc1cc(Br)cnc1Nc1ccccc1C(C)(C)C. The Hall–Kier alpha value is -1.35. The molecule has 1 aromatic carbocycles. The van der Waals surface area contributed by atoms with Crippen molar-refractivity contribution in [3.63, 3.8) is 0 Å². The third-order valence-electron chi connectivity index (χ3n) is 3.03. The van der Waals surface area contributed by atoms with Crippen LogP contribution in [0.5, 0.6) is 0 Å². The minimum absolute atomic E-state index is 0.104. The van der Waals surface area contributed by atoms with E-state index in [1.807, 2.05) is 12.3 Å². The van der Waals surface area contributed by atoms with Crippen molar-refractivity contribution in [2.45, 2.75) is 33.1 Å². The van der Waals surface area contributed by atoms with Crippen LogP contribution in [0, 0.1) is 6.92 Å². The lowest BCUT2D eigenvalue weighted by Crippen LogP contribution is -2.14. The summed E-state index contributed by atoms with van der Waals surface area (Å²) >= 11 is 3.44. The number of nitrogens with zero attached hydrogens (tertiary/aromatic N) is 1. The summed E-state index contributed by atoms with van der Waals surface area (Å²) < 4.78 is 1.000. The average molecular weight is 319 g/mol. The van der Waals surface area contributed by atoms with Crippen LogP contribution < -0.4 is 5.32 Å². The van der Waals surface area contributed by atoms with Gasteiger partial charge in [-0.25, -0.2) is 4.98 Å². The number of para-hydroxylation sites is 1. The van der Waals surface area contributed by atoms with Gasteiger partial charge in [-0.2, -0.15) is 0 Å². The summed E-state index contributed by atoms with van der Waals surface area (Å²) in [6.07, 6.45) is 1.81. The average Bonchev–Trinajstić information content (AvgIpc) is 2.32. The van der Waals surface area contributed by atoms with Crippen molar-refractivity contribution in [3.05, 3.63) is 52.1 Å².